The van der Waals surface area contributed by atoms with Crippen molar-refractivity contribution in [2.24, 2.45) is 11.8 Å². The Morgan fingerprint density at radius 3 is 2.75 bits per heavy atom. The Hall–Kier alpha value is -1.43. The van der Waals surface area contributed by atoms with E-state index in [0.29, 0.717) is 10.8 Å². The highest BCUT2D eigenvalue weighted by molar-refractivity contribution is 7.21. The van der Waals surface area contributed by atoms with Gasteiger partial charge in [-0.3, -0.25) is 10.2 Å². The van der Waals surface area contributed by atoms with Gasteiger partial charge in [-0.15, -0.1) is 11.3 Å². The number of nitrogens with two attached hydrogens (primary N) is 1. The normalized spacial score (nSPS) is 11.5. The quantitative estimate of drug-likeness (QED) is 0.506. The van der Waals surface area contributed by atoms with E-state index in [1.807, 2.05) is 18.2 Å². The molecule has 0 bridgehead atoms. The minimum absolute atomic E-state index is 0.209. The molecule has 0 unspecified atom stereocenters. The first-order valence-corrected chi connectivity index (χ1v) is 7.54. The van der Waals surface area contributed by atoms with Gasteiger partial charge in [0.25, 0.3) is 5.91 Å². The monoisotopic (exact) mass is 291 g/mol. The van der Waals surface area contributed by atoms with Gasteiger partial charge in [-0.2, -0.15) is 0 Å². The van der Waals surface area contributed by atoms with Crippen molar-refractivity contribution in [3.8, 4) is 0 Å². The van der Waals surface area contributed by atoms with Crippen molar-refractivity contribution >= 4 is 27.3 Å². The zero-order valence-corrected chi connectivity index (χ0v) is 13.0. The molecule has 2 rings (SSSR count). The van der Waals surface area contributed by atoms with Gasteiger partial charge in [0.2, 0.25) is 0 Å². The van der Waals surface area contributed by atoms with Gasteiger partial charge in [-0.05, 0) is 30.0 Å². The molecular weight excluding hydrogens is 270 g/mol. The third-order valence-corrected chi connectivity index (χ3v) is 4.35. The zero-order valence-electron chi connectivity index (χ0n) is 12.1. The molecule has 0 saturated heterocycles. The van der Waals surface area contributed by atoms with Crippen molar-refractivity contribution in [2.75, 3.05) is 13.6 Å². The first kappa shape index (κ1) is 15.0. The second kappa shape index (κ2) is 6.35. The average molecular weight is 291 g/mol. The molecule has 0 aliphatic heterocycles. The van der Waals surface area contributed by atoms with Crippen LogP contribution in [0, 0.1) is 5.92 Å². The number of thiophene rings is 1. The number of hydrazine groups is 1. The van der Waals surface area contributed by atoms with E-state index in [0.717, 1.165) is 28.7 Å². The number of carbonyl (C=O) groups is 1. The predicted molar refractivity (Wildman–Crippen MR) is 84.7 cm³/mol. The summed E-state index contributed by atoms with van der Waals surface area (Å²) < 4.78 is 1.12. The fourth-order valence-corrected chi connectivity index (χ4v) is 3.58. The van der Waals surface area contributed by atoms with Gasteiger partial charge in [0.15, 0.2) is 0 Å². The lowest BCUT2D eigenvalue weighted by molar-refractivity contribution is 0.0956. The molecule has 20 heavy (non-hydrogen) atoms. The van der Waals surface area contributed by atoms with Crippen molar-refractivity contribution in [1.29, 1.82) is 0 Å². The van der Waals surface area contributed by atoms with Crippen LogP contribution in [0.15, 0.2) is 24.3 Å². The molecule has 108 valence electrons. The maximum atomic E-state index is 12.0. The molecule has 3 N–H and O–H groups in total. The Morgan fingerprint density at radius 1 is 1.40 bits per heavy atom. The highest BCUT2D eigenvalue weighted by Gasteiger charge is 2.18. The molecule has 0 atom stereocenters. The van der Waals surface area contributed by atoms with Crippen LogP contribution in [0.5, 0.6) is 0 Å². The summed E-state index contributed by atoms with van der Waals surface area (Å²) in [6.45, 7) is 6.13. The number of fused-ring (bicyclic) bond motifs is 1. The molecule has 0 aliphatic rings. The Morgan fingerprint density at radius 2 is 2.10 bits per heavy atom. The van der Waals surface area contributed by atoms with E-state index in [1.165, 1.54) is 11.3 Å². The minimum Gasteiger partial charge on any atom is -0.302 e. The molecule has 0 aliphatic carbocycles. The first-order chi connectivity index (χ1) is 9.52. The number of hydrogen-bond donors (Lipinski definition) is 2. The van der Waals surface area contributed by atoms with Gasteiger partial charge < -0.3 is 4.90 Å². The van der Waals surface area contributed by atoms with Crippen molar-refractivity contribution in [3.63, 3.8) is 0 Å². The van der Waals surface area contributed by atoms with E-state index < -0.39 is 0 Å². The molecule has 2 aromatic rings. The zero-order chi connectivity index (χ0) is 14.7. The Balaban J connectivity index is 2.40. The first-order valence-electron chi connectivity index (χ1n) is 6.72. The smallest absolute Gasteiger partial charge is 0.275 e. The fraction of sp³-hybridized carbons (Fsp3) is 0.400. The second-order valence-electron chi connectivity index (χ2n) is 5.47. The van der Waals surface area contributed by atoms with E-state index in [4.69, 9.17) is 5.84 Å². The summed E-state index contributed by atoms with van der Waals surface area (Å²) in [5.74, 6) is 5.68. The second-order valence-corrected chi connectivity index (χ2v) is 6.52. The summed E-state index contributed by atoms with van der Waals surface area (Å²) in [4.78, 5) is 14.9. The lowest BCUT2D eigenvalue weighted by atomic mass is 10.1. The summed E-state index contributed by atoms with van der Waals surface area (Å²) in [6, 6.07) is 8.10. The van der Waals surface area contributed by atoms with Crippen LogP contribution >= 0.6 is 11.3 Å². The van der Waals surface area contributed by atoms with Crippen LogP contribution in [0.1, 0.15) is 29.1 Å². The topological polar surface area (TPSA) is 58.4 Å². The van der Waals surface area contributed by atoms with E-state index in [1.54, 1.807) is 0 Å². The molecule has 0 saturated carbocycles. The molecular formula is C15H21N3OS. The van der Waals surface area contributed by atoms with E-state index in [-0.39, 0.29) is 5.91 Å². The number of carbonyl (C=O) groups excluding carboxylic acids is 1. The van der Waals surface area contributed by atoms with Gasteiger partial charge in [0, 0.05) is 17.8 Å². The Labute approximate surface area is 123 Å². The summed E-state index contributed by atoms with van der Waals surface area (Å²) in [7, 11) is 2.08. The number of benzene rings is 1. The van der Waals surface area contributed by atoms with Crippen LogP contribution in [0.2, 0.25) is 0 Å². The molecule has 5 heteroatoms. The highest BCUT2D eigenvalue weighted by atomic mass is 32.1. The van der Waals surface area contributed by atoms with Crippen molar-refractivity contribution in [3.05, 3.63) is 34.7 Å². The van der Waals surface area contributed by atoms with Gasteiger partial charge in [0.05, 0.1) is 4.88 Å². The number of nitrogens with one attached hydrogen (secondary N) is 1. The third kappa shape index (κ3) is 3.17. The lowest BCUT2D eigenvalue weighted by Gasteiger charge is -2.19. The molecule has 1 aromatic carbocycles. The molecule has 0 radical (unpaired) electrons. The lowest BCUT2D eigenvalue weighted by Crippen LogP contribution is -2.31. The number of rotatable bonds is 5. The number of nitrogen functional groups attached to an aromatic ring is 1. The maximum absolute atomic E-state index is 12.0. The standard InChI is InChI=1S/C15H21N3OS/c1-10(2)8-18(3)9-12-11-6-4-5-7-13(11)20-14(12)15(19)17-16/h4-7,10H,8-9,16H2,1-3H3,(H,17,19). The maximum Gasteiger partial charge on any atom is 0.275 e. The van der Waals surface area contributed by atoms with E-state index >= 15 is 0 Å². The third-order valence-electron chi connectivity index (χ3n) is 3.14. The predicted octanol–water partition coefficient (Wildman–Crippen LogP) is 2.59. The van der Waals surface area contributed by atoms with Crippen molar-refractivity contribution in [2.45, 2.75) is 20.4 Å². The van der Waals surface area contributed by atoms with Crippen LogP contribution in [0.25, 0.3) is 10.1 Å². The highest BCUT2D eigenvalue weighted by Crippen LogP contribution is 2.32. The number of hydrogen-bond acceptors (Lipinski definition) is 4. The molecule has 4 nitrogen and oxygen atoms in total. The number of nitrogens with zero attached hydrogens (tertiary/aromatic N) is 1. The summed E-state index contributed by atoms with van der Waals surface area (Å²) >= 11 is 1.50. The summed E-state index contributed by atoms with van der Waals surface area (Å²) in [6.07, 6.45) is 0. The van der Waals surface area contributed by atoms with E-state index in [9.17, 15) is 4.79 Å². The molecule has 0 fully saturated rings. The molecule has 0 spiro atoms. The number of amides is 1. The van der Waals surface area contributed by atoms with Gasteiger partial charge in [-0.25, -0.2) is 5.84 Å². The largest absolute Gasteiger partial charge is 0.302 e. The summed E-state index contributed by atoms with van der Waals surface area (Å²) in [5.41, 5.74) is 3.32. The summed E-state index contributed by atoms with van der Waals surface area (Å²) in [5, 5.41) is 1.15. The van der Waals surface area contributed by atoms with Crippen LogP contribution in [0.4, 0.5) is 0 Å². The minimum atomic E-state index is -0.209. The Kier molecular flexibility index (Phi) is 4.75. The molecule has 1 heterocycles. The molecule has 1 aromatic heterocycles. The van der Waals surface area contributed by atoms with Crippen molar-refractivity contribution in [1.82, 2.24) is 10.3 Å². The Bertz CT molecular complexity index is 606. The van der Waals surface area contributed by atoms with Gasteiger partial charge in [0.1, 0.15) is 0 Å². The van der Waals surface area contributed by atoms with Gasteiger partial charge >= 0.3 is 0 Å². The SMILES string of the molecule is CC(C)CN(C)Cc1c(C(=O)NN)sc2ccccc12. The van der Waals surface area contributed by atoms with Crippen LogP contribution in [-0.4, -0.2) is 24.4 Å². The molecule has 1 amide bonds. The van der Waals surface area contributed by atoms with Crippen LogP contribution in [0.3, 0.4) is 0 Å². The van der Waals surface area contributed by atoms with Crippen LogP contribution in [-0.2, 0) is 6.54 Å². The van der Waals surface area contributed by atoms with E-state index in [2.05, 4.69) is 37.3 Å². The fourth-order valence-electron chi connectivity index (χ4n) is 2.46. The average Bonchev–Trinajstić information content (AvgIpc) is 2.76. The van der Waals surface area contributed by atoms with Gasteiger partial charge in [-0.1, -0.05) is 32.0 Å². The van der Waals surface area contributed by atoms with Crippen molar-refractivity contribution < 1.29 is 4.79 Å². The van der Waals surface area contributed by atoms with Crippen LogP contribution < -0.4 is 11.3 Å².